The molecule has 0 spiro atoms. The van der Waals surface area contributed by atoms with Crippen molar-refractivity contribution in [3.63, 3.8) is 0 Å². The maximum atomic E-state index is 6.15. The van der Waals surface area contributed by atoms with Crippen LogP contribution in [0.25, 0.3) is 15.8 Å². The highest BCUT2D eigenvalue weighted by molar-refractivity contribution is 8.09. The zero-order valence-electron chi connectivity index (χ0n) is 18.3. The van der Waals surface area contributed by atoms with Gasteiger partial charge in [-0.05, 0) is 30.7 Å². The van der Waals surface area contributed by atoms with Gasteiger partial charge in [0.2, 0.25) is 0 Å². The minimum absolute atomic E-state index is 0.339. The van der Waals surface area contributed by atoms with Gasteiger partial charge in [-0.25, -0.2) is 15.0 Å². The average molecular weight is 531 g/mol. The van der Waals surface area contributed by atoms with Crippen LogP contribution in [0.4, 0.5) is 11.5 Å². The SMILES string of the molecule is COc1cc2c(Nc3ccc(Cl)c(Cl)c3)ncnc2cc1OCc1csc(C2=CCC(C)S2)n1. The van der Waals surface area contributed by atoms with Crippen LogP contribution in [0.3, 0.4) is 0 Å². The van der Waals surface area contributed by atoms with Gasteiger partial charge in [-0.2, -0.15) is 0 Å². The second-order valence-corrected chi connectivity index (χ2v) is 10.8. The summed E-state index contributed by atoms with van der Waals surface area (Å²) in [6.45, 7) is 2.57. The van der Waals surface area contributed by atoms with Crippen LogP contribution in [0, 0.1) is 0 Å². The number of allylic oxidation sites excluding steroid dienone is 1. The predicted octanol–water partition coefficient (Wildman–Crippen LogP) is 7.59. The van der Waals surface area contributed by atoms with Crippen molar-refractivity contribution in [2.24, 2.45) is 0 Å². The van der Waals surface area contributed by atoms with Crippen molar-refractivity contribution in [2.75, 3.05) is 12.4 Å². The molecule has 1 aliphatic rings. The summed E-state index contributed by atoms with van der Waals surface area (Å²) in [4.78, 5) is 14.8. The lowest BCUT2D eigenvalue weighted by Gasteiger charge is -2.13. The molecule has 0 fully saturated rings. The standard InChI is InChI=1S/C24H20Cl2N4O2S2/c1-13-3-6-22(34-13)24-30-15(11-33-24)10-32-21-9-19-16(8-20(21)31-2)23(28-12-27-19)29-14-4-5-17(25)18(26)7-14/h4-9,11-13H,3,10H2,1-2H3,(H,27,28,29). The maximum Gasteiger partial charge on any atom is 0.163 e. The highest BCUT2D eigenvalue weighted by Gasteiger charge is 2.18. The minimum Gasteiger partial charge on any atom is -0.493 e. The number of nitrogens with zero attached hydrogens (tertiary/aromatic N) is 3. The molecule has 2 aromatic carbocycles. The minimum atomic E-state index is 0.339. The van der Waals surface area contributed by atoms with E-state index in [1.165, 1.54) is 11.2 Å². The van der Waals surface area contributed by atoms with Crippen LogP contribution < -0.4 is 14.8 Å². The molecule has 0 saturated heterocycles. The molecule has 0 aliphatic carbocycles. The van der Waals surface area contributed by atoms with E-state index in [0.29, 0.717) is 44.7 Å². The Morgan fingerprint density at radius 3 is 2.76 bits per heavy atom. The van der Waals surface area contributed by atoms with Gasteiger partial charge in [0.05, 0.1) is 28.4 Å². The quantitative estimate of drug-likeness (QED) is 0.263. The van der Waals surface area contributed by atoms with Crippen molar-refractivity contribution >= 4 is 73.6 Å². The Kier molecular flexibility index (Phi) is 6.83. The Labute approximate surface area is 215 Å². The molecule has 5 rings (SSSR count). The van der Waals surface area contributed by atoms with E-state index in [4.69, 9.17) is 37.7 Å². The molecule has 1 N–H and O–H groups in total. The van der Waals surface area contributed by atoms with E-state index in [2.05, 4.69) is 28.3 Å². The topological polar surface area (TPSA) is 69.2 Å². The molecule has 0 bridgehead atoms. The number of benzene rings is 2. The first kappa shape index (κ1) is 23.2. The molecule has 174 valence electrons. The van der Waals surface area contributed by atoms with Crippen molar-refractivity contribution in [1.29, 1.82) is 0 Å². The van der Waals surface area contributed by atoms with Crippen LogP contribution in [0.5, 0.6) is 11.5 Å². The monoisotopic (exact) mass is 530 g/mol. The van der Waals surface area contributed by atoms with Gasteiger partial charge >= 0.3 is 0 Å². The third kappa shape index (κ3) is 4.95. The summed E-state index contributed by atoms with van der Waals surface area (Å²) in [6, 6.07) is 9.02. The van der Waals surface area contributed by atoms with E-state index in [1.54, 1.807) is 30.6 Å². The molecular weight excluding hydrogens is 511 g/mol. The summed E-state index contributed by atoms with van der Waals surface area (Å²) in [7, 11) is 1.61. The number of fused-ring (bicyclic) bond motifs is 1. The van der Waals surface area contributed by atoms with Gasteiger partial charge < -0.3 is 14.8 Å². The fourth-order valence-electron chi connectivity index (χ4n) is 3.51. The van der Waals surface area contributed by atoms with Crippen LogP contribution in [-0.4, -0.2) is 27.3 Å². The third-order valence-corrected chi connectivity index (χ3v) is 8.21. The molecule has 4 aromatic rings. The number of halogens is 2. The Morgan fingerprint density at radius 2 is 2.00 bits per heavy atom. The first-order valence-corrected chi connectivity index (χ1v) is 13.0. The Balaban J connectivity index is 1.37. The Morgan fingerprint density at radius 1 is 1.12 bits per heavy atom. The number of methoxy groups -OCH3 is 1. The molecule has 0 amide bonds. The number of thiazole rings is 1. The highest BCUT2D eigenvalue weighted by atomic mass is 35.5. The van der Waals surface area contributed by atoms with Gasteiger partial charge in [0.1, 0.15) is 23.8 Å². The number of hydrogen-bond acceptors (Lipinski definition) is 8. The number of hydrogen-bond donors (Lipinski definition) is 1. The molecule has 1 aliphatic heterocycles. The predicted molar refractivity (Wildman–Crippen MR) is 142 cm³/mol. The molecule has 0 saturated carbocycles. The van der Waals surface area contributed by atoms with Crippen molar-refractivity contribution in [1.82, 2.24) is 15.0 Å². The number of rotatable bonds is 7. The molecule has 34 heavy (non-hydrogen) atoms. The lowest BCUT2D eigenvalue weighted by molar-refractivity contribution is 0.282. The van der Waals surface area contributed by atoms with E-state index in [-0.39, 0.29) is 0 Å². The number of anilines is 2. The molecular formula is C24H20Cl2N4O2S2. The normalized spacial score (nSPS) is 15.4. The molecule has 3 heterocycles. The van der Waals surface area contributed by atoms with Gasteiger partial charge in [0.25, 0.3) is 0 Å². The van der Waals surface area contributed by atoms with Crippen molar-refractivity contribution in [3.05, 3.63) is 68.9 Å². The van der Waals surface area contributed by atoms with E-state index in [0.717, 1.165) is 28.2 Å². The Bertz CT molecular complexity index is 1390. The largest absolute Gasteiger partial charge is 0.493 e. The summed E-state index contributed by atoms with van der Waals surface area (Å²) in [5.74, 6) is 1.79. The van der Waals surface area contributed by atoms with Crippen molar-refractivity contribution < 1.29 is 9.47 Å². The summed E-state index contributed by atoms with van der Waals surface area (Å²) < 4.78 is 11.7. The van der Waals surface area contributed by atoms with Crippen LogP contribution in [-0.2, 0) is 6.61 Å². The summed E-state index contributed by atoms with van der Waals surface area (Å²) in [6.07, 6.45) is 4.84. The lowest BCUT2D eigenvalue weighted by atomic mass is 10.2. The van der Waals surface area contributed by atoms with E-state index in [9.17, 15) is 0 Å². The number of aromatic nitrogens is 3. The summed E-state index contributed by atoms with van der Waals surface area (Å²) in [5, 5.41) is 8.70. The molecule has 1 unspecified atom stereocenters. The molecule has 2 aromatic heterocycles. The van der Waals surface area contributed by atoms with Gasteiger partial charge in [-0.1, -0.05) is 36.2 Å². The van der Waals surface area contributed by atoms with Crippen molar-refractivity contribution in [3.8, 4) is 11.5 Å². The van der Waals surface area contributed by atoms with Crippen LogP contribution in [0.15, 0.2) is 48.1 Å². The number of ether oxygens (including phenoxy) is 2. The maximum absolute atomic E-state index is 6.15. The molecule has 6 nitrogen and oxygen atoms in total. The van der Waals surface area contributed by atoms with Crippen LogP contribution in [0.1, 0.15) is 24.0 Å². The van der Waals surface area contributed by atoms with Gasteiger partial charge in [-0.15, -0.1) is 23.1 Å². The number of nitrogens with one attached hydrogen (secondary N) is 1. The van der Waals surface area contributed by atoms with Gasteiger partial charge in [0.15, 0.2) is 11.5 Å². The first-order chi connectivity index (χ1) is 16.5. The summed E-state index contributed by atoms with van der Waals surface area (Å²) in [5.41, 5.74) is 2.36. The van der Waals surface area contributed by atoms with E-state index in [1.807, 2.05) is 35.3 Å². The van der Waals surface area contributed by atoms with Crippen molar-refractivity contribution in [2.45, 2.75) is 25.2 Å². The lowest BCUT2D eigenvalue weighted by Crippen LogP contribution is -2.00. The number of thioether (sulfide) groups is 1. The second kappa shape index (κ2) is 10.00. The first-order valence-electron chi connectivity index (χ1n) is 10.5. The Hall–Kier alpha value is -2.52. The van der Waals surface area contributed by atoms with Gasteiger partial charge in [-0.3, -0.25) is 0 Å². The van der Waals surface area contributed by atoms with Gasteiger partial charge in [0, 0.05) is 32.7 Å². The zero-order chi connectivity index (χ0) is 23.7. The second-order valence-electron chi connectivity index (χ2n) is 7.66. The van der Waals surface area contributed by atoms with Crippen LogP contribution in [0.2, 0.25) is 10.0 Å². The van der Waals surface area contributed by atoms with E-state index < -0.39 is 0 Å². The third-order valence-electron chi connectivity index (χ3n) is 5.20. The average Bonchev–Trinajstić information content (AvgIpc) is 3.48. The smallest absolute Gasteiger partial charge is 0.163 e. The fourth-order valence-corrected chi connectivity index (χ4v) is 5.80. The fraction of sp³-hybridized carbons (Fsp3) is 0.208. The zero-order valence-corrected chi connectivity index (χ0v) is 21.5. The molecule has 0 radical (unpaired) electrons. The highest BCUT2D eigenvalue weighted by Crippen LogP contribution is 2.40. The molecule has 10 heteroatoms. The summed E-state index contributed by atoms with van der Waals surface area (Å²) >= 11 is 15.7. The molecule has 1 atom stereocenters. The van der Waals surface area contributed by atoms with E-state index >= 15 is 0 Å². The van der Waals surface area contributed by atoms with Crippen LogP contribution >= 0.6 is 46.3 Å².